The van der Waals surface area contributed by atoms with E-state index in [1.165, 1.54) is 32.1 Å². The van der Waals surface area contributed by atoms with Crippen molar-refractivity contribution >= 4 is 0 Å². The molecule has 2 rings (SSSR count). The van der Waals surface area contributed by atoms with E-state index in [9.17, 15) is 0 Å². The van der Waals surface area contributed by atoms with Crippen LogP contribution in [-0.4, -0.2) is 24.4 Å². The molecule has 1 aliphatic carbocycles. The lowest BCUT2D eigenvalue weighted by molar-refractivity contribution is -0.110. The van der Waals surface area contributed by atoms with E-state index in [0.717, 1.165) is 24.9 Å². The lowest BCUT2D eigenvalue weighted by atomic mass is 9.70. The van der Waals surface area contributed by atoms with E-state index in [2.05, 4.69) is 0 Å². The molecule has 2 heteroatoms. The maximum Gasteiger partial charge on any atom is 0.0627 e. The van der Waals surface area contributed by atoms with Crippen molar-refractivity contribution in [2.24, 2.45) is 11.8 Å². The van der Waals surface area contributed by atoms with Gasteiger partial charge >= 0.3 is 0 Å². The summed E-state index contributed by atoms with van der Waals surface area (Å²) in [5.74, 6) is 1.67. The molecule has 1 heterocycles. The van der Waals surface area contributed by atoms with Crippen molar-refractivity contribution in [3.63, 3.8) is 0 Å². The van der Waals surface area contributed by atoms with Crippen LogP contribution in [0, 0.1) is 11.8 Å². The lowest BCUT2D eigenvalue weighted by Crippen LogP contribution is -2.40. The van der Waals surface area contributed by atoms with Gasteiger partial charge in [0.2, 0.25) is 0 Å². The summed E-state index contributed by atoms with van der Waals surface area (Å²) < 4.78 is 5.57. The Morgan fingerprint density at radius 1 is 1.31 bits per heavy atom. The fraction of sp³-hybridized carbons (Fsp3) is 1.00. The van der Waals surface area contributed by atoms with Crippen molar-refractivity contribution in [3.05, 3.63) is 0 Å². The normalized spacial score (nSPS) is 30.7. The molecule has 2 nitrogen and oxygen atoms in total. The summed E-state index contributed by atoms with van der Waals surface area (Å²) in [4.78, 5) is 0. The quantitative estimate of drug-likeness (QED) is 0.707. The second kappa shape index (κ2) is 4.43. The Balaban J connectivity index is 1.78. The predicted molar refractivity (Wildman–Crippen MR) is 51.5 cm³/mol. The highest BCUT2D eigenvalue weighted by atomic mass is 16.5. The van der Waals surface area contributed by atoms with Crippen LogP contribution >= 0.6 is 0 Å². The minimum absolute atomic E-state index is 0.343. The van der Waals surface area contributed by atoms with Gasteiger partial charge in [-0.15, -0.1) is 0 Å². The molecule has 1 N–H and O–H groups in total. The molecule has 1 saturated heterocycles. The second-order valence-electron chi connectivity index (χ2n) is 4.42. The van der Waals surface area contributed by atoms with Crippen LogP contribution in [0.2, 0.25) is 0 Å². The van der Waals surface area contributed by atoms with Crippen LogP contribution in [0.3, 0.4) is 0 Å². The molecule has 2 unspecified atom stereocenters. The highest BCUT2D eigenvalue weighted by molar-refractivity contribution is 4.85. The van der Waals surface area contributed by atoms with Crippen molar-refractivity contribution < 1.29 is 9.84 Å². The van der Waals surface area contributed by atoms with Gasteiger partial charge in [0.25, 0.3) is 0 Å². The minimum atomic E-state index is 0.343. The van der Waals surface area contributed by atoms with Crippen LogP contribution in [0.5, 0.6) is 0 Å². The molecule has 0 spiro atoms. The average molecular weight is 184 g/mol. The maximum atomic E-state index is 8.82. The summed E-state index contributed by atoms with van der Waals surface area (Å²) in [6.45, 7) is 1.31. The minimum Gasteiger partial charge on any atom is -0.396 e. The molecule has 13 heavy (non-hydrogen) atoms. The summed E-state index contributed by atoms with van der Waals surface area (Å²) in [7, 11) is 0. The van der Waals surface area contributed by atoms with Crippen LogP contribution in [0.15, 0.2) is 0 Å². The van der Waals surface area contributed by atoms with E-state index in [4.69, 9.17) is 9.84 Å². The van der Waals surface area contributed by atoms with Gasteiger partial charge in [-0.1, -0.05) is 19.3 Å². The van der Waals surface area contributed by atoms with Crippen molar-refractivity contribution in [3.8, 4) is 0 Å². The molecule has 0 aromatic carbocycles. The van der Waals surface area contributed by atoms with Crippen LogP contribution in [-0.2, 0) is 4.74 Å². The molecule has 0 aromatic heterocycles. The SMILES string of the molecule is OCCCC(C1CCC1)C1CCO1. The summed E-state index contributed by atoms with van der Waals surface area (Å²) >= 11 is 0. The molecular weight excluding hydrogens is 164 g/mol. The molecule has 2 atom stereocenters. The molecule has 1 saturated carbocycles. The fourth-order valence-corrected chi connectivity index (χ4v) is 2.51. The number of aliphatic hydroxyl groups excluding tert-OH is 1. The lowest BCUT2D eigenvalue weighted by Gasteiger charge is -2.42. The Kier molecular flexibility index (Phi) is 3.23. The third-order valence-electron chi connectivity index (χ3n) is 3.66. The highest BCUT2D eigenvalue weighted by Crippen LogP contribution is 2.41. The van der Waals surface area contributed by atoms with E-state index in [1.54, 1.807) is 0 Å². The molecule has 1 aliphatic heterocycles. The van der Waals surface area contributed by atoms with Crippen molar-refractivity contribution in [1.82, 2.24) is 0 Å². The zero-order valence-corrected chi connectivity index (χ0v) is 8.24. The smallest absolute Gasteiger partial charge is 0.0627 e. The molecule has 0 aromatic rings. The Labute approximate surface area is 80.3 Å². The largest absolute Gasteiger partial charge is 0.396 e. The average Bonchev–Trinajstić information content (AvgIpc) is 1.93. The van der Waals surface area contributed by atoms with Gasteiger partial charge in [0.1, 0.15) is 0 Å². The predicted octanol–water partition coefficient (Wildman–Crippen LogP) is 1.96. The van der Waals surface area contributed by atoms with Gasteiger partial charge in [-0.25, -0.2) is 0 Å². The molecule has 0 bridgehead atoms. The first-order valence-electron chi connectivity index (χ1n) is 5.64. The third kappa shape index (κ3) is 2.05. The maximum absolute atomic E-state index is 8.82. The summed E-state index contributed by atoms with van der Waals surface area (Å²) in [6.07, 6.45) is 8.13. The van der Waals surface area contributed by atoms with E-state index in [0.29, 0.717) is 12.7 Å². The topological polar surface area (TPSA) is 29.5 Å². The van der Waals surface area contributed by atoms with Gasteiger partial charge in [-0.05, 0) is 31.1 Å². The van der Waals surface area contributed by atoms with Crippen molar-refractivity contribution in [2.75, 3.05) is 13.2 Å². The number of aliphatic hydroxyl groups is 1. The van der Waals surface area contributed by atoms with E-state index >= 15 is 0 Å². The Morgan fingerprint density at radius 3 is 2.46 bits per heavy atom. The van der Waals surface area contributed by atoms with E-state index in [1.807, 2.05) is 0 Å². The van der Waals surface area contributed by atoms with Gasteiger partial charge in [0.15, 0.2) is 0 Å². The molecule has 2 aliphatic rings. The van der Waals surface area contributed by atoms with Crippen molar-refractivity contribution in [2.45, 2.75) is 44.6 Å². The van der Waals surface area contributed by atoms with Gasteiger partial charge < -0.3 is 9.84 Å². The van der Waals surface area contributed by atoms with Gasteiger partial charge in [0.05, 0.1) is 6.10 Å². The van der Waals surface area contributed by atoms with Crippen LogP contribution in [0.1, 0.15) is 38.5 Å². The van der Waals surface area contributed by atoms with Crippen LogP contribution < -0.4 is 0 Å². The summed E-state index contributed by atoms with van der Waals surface area (Å²) in [5, 5.41) is 8.82. The van der Waals surface area contributed by atoms with Gasteiger partial charge in [-0.3, -0.25) is 0 Å². The third-order valence-corrected chi connectivity index (χ3v) is 3.66. The van der Waals surface area contributed by atoms with Gasteiger partial charge in [0, 0.05) is 13.2 Å². The summed E-state index contributed by atoms with van der Waals surface area (Å²) in [6, 6.07) is 0. The number of hydrogen-bond donors (Lipinski definition) is 1. The number of ether oxygens (including phenoxy) is 1. The first-order valence-corrected chi connectivity index (χ1v) is 5.64. The molecule has 76 valence electrons. The Bertz CT molecular complexity index is 136. The number of hydrogen-bond acceptors (Lipinski definition) is 2. The first-order chi connectivity index (χ1) is 6.42. The molecule has 0 radical (unpaired) electrons. The van der Waals surface area contributed by atoms with E-state index in [-0.39, 0.29) is 0 Å². The first kappa shape index (κ1) is 9.47. The van der Waals surface area contributed by atoms with Crippen molar-refractivity contribution in [1.29, 1.82) is 0 Å². The Hall–Kier alpha value is -0.0800. The molecule has 0 amide bonds. The molecular formula is C11H20O2. The van der Waals surface area contributed by atoms with Crippen LogP contribution in [0.4, 0.5) is 0 Å². The zero-order chi connectivity index (χ0) is 9.10. The zero-order valence-electron chi connectivity index (χ0n) is 8.24. The summed E-state index contributed by atoms with van der Waals surface area (Å²) in [5.41, 5.74) is 0. The van der Waals surface area contributed by atoms with E-state index < -0.39 is 0 Å². The van der Waals surface area contributed by atoms with Gasteiger partial charge in [-0.2, -0.15) is 0 Å². The molecule has 2 fully saturated rings. The second-order valence-corrected chi connectivity index (χ2v) is 4.42. The standard InChI is InChI=1S/C11H20O2/c12-7-2-5-10(9-3-1-4-9)11-6-8-13-11/h9-12H,1-8H2. The number of rotatable bonds is 5. The van der Waals surface area contributed by atoms with Crippen LogP contribution in [0.25, 0.3) is 0 Å². The highest BCUT2D eigenvalue weighted by Gasteiger charge is 2.36. The monoisotopic (exact) mass is 184 g/mol. The Morgan fingerprint density at radius 2 is 2.08 bits per heavy atom. The fourth-order valence-electron chi connectivity index (χ4n) is 2.51.